The van der Waals surface area contributed by atoms with Gasteiger partial charge in [0.2, 0.25) is 0 Å². The number of esters is 1. The van der Waals surface area contributed by atoms with Crippen LogP contribution in [-0.2, 0) is 11.2 Å². The summed E-state index contributed by atoms with van der Waals surface area (Å²) in [6.45, 7) is 0.984. The van der Waals surface area contributed by atoms with Gasteiger partial charge in [0.05, 0.1) is 12.7 Å². The van der Waals surface area contributed by atoms with Crippen LogP contribution in [0.5, 0.6) is 0 Å². The summed E-state index contributed by atoms with van der Waals surface area (Å²) in [5, 5.41) is 3.27. The van der Waals surface area contributed by atoms with Crippen molar-refractivity contribution in [2.24, 2.45) is 0 Å². The van der Waals surface area contributed by atoms with Crippen molar-refractivity contribution < 1.29 is 9.53 Å². The van der Waals surface area contributed by atoms with E-state index in [0.717, 1.165) is 30.6 Å². The van der Waals surface area contributed by atoms with Gasteiger partial charge in [0.1, 0.15) is 0 Å². The number of hydrogen-bond acceptors (Lipinski definition) is 3. The van der Waals surface area contributed by atoms with Crippen molar-refractivity contribution in [2.75, 3.05) is 19.0 Å². The molecule has 0 unspecified atom stereocenters. The molecule has 1 heterocycles. The van der Waals surface area contributed by atoms with Crippen LogP contribution in [0.1, 0.15) is 22.3 Å². The first kappa shape index (κ1) is 11.9. The summed E-state index contributed by atoms with van der Waals surface area (Å²) in [4.78, 5) is 11.4. The number of carbonyl (C=O) groups is 1. The van der Waals surface area contributed by atoms with Crippen molar-refractivity contribution >= 4 is 24.1 Å². The maximum Gasteiger partial charge on any atom is 0.338 e. The van der Waals surface area contributed by atoms with E-state index in [1.54, 1.807) is 0 Å². The first-order valence-electron chi connectivity index (χ1n) is 4.77. The second kappa shape index (κ2) is 5.03. The number of anilines is 1. The Bertz CT molecular complexity index is 366. The number of carbonyl (C=O) groups excluding carboxylic acids is 1. The number of methoxy groups -OCH3 is 1. The van der Waals surface area contributed by atoms with E-state index in [2.05, 4.69) is 5.32 Å². The largest absolute Gasteiger partial charge is 0.465 e. The van der Waals surface area contributed by atoms with Crippen molar-refractivity contribution in [3.8, 4) is 0 Å². The van der Waals surface area contributed by atoms with Crippen molar-refractivity contribution in [3.05, 3.63) is 29.3 Å². The molecule has 0 aliphatic carbocycles. The molecule has 0 saturated carbocycles. The van der Waals surface area contributed by atoms with Crippen LogP contribution in [0.25, 0.3) is 0 Å². The van der Waals surface area contributed by atoms with Gasteiger partial charge in [-0.15, -0.1) is 12.4 Å². The second-order valence-electron chi connectivity index (χ2n) is 3.35. The van der Waals surface area contributed by atoms with Crippen molar-refractivity contribution in [3.63, 3.8) is 0 Å². The van der Waals surface area contributed by atoms with E-state index in [1.165, 1.54) is 7.11 Å². The van der Waals surface area contributed by atoms with Gasteiger partial charge in [-0.1, -0.05) is 6.07 Å². The minimum atomic E-state index is -0.245. The molecule has 0 aromatic heterocycles. The third-order valence-corrected chi connectivity index (χ3v) is 2.50. The fourth-order valence-corrected chi connectivity index (χ4v) is 1.81. The molecule has 0 amide bonds. The van der Waals surface area contributed by atoms with E-state index in [1.807, 2.05) is 18.2 Å². The van der Waals surface area contributed by atoms with Gasteiger partial charge in [0.25, 0.3) is 0 Å². The average molecular weight is 228 g/mol. The quantitative estimate of drug-likeness (QED) is 0.748. The van der Waals surface area contributed by atoms with Gasteiger partial charge < -0.3 is 10.1 Å². The molecule has 4 heteroatoms. The summed E-state index contributed by atoms with van der Waals surface area (Å²) in [7, 11) is 1.41. The van der Waals surface area contributed by atoms with E-state index < -0.39 is 0 Å². The number of nitrogens with one attached hydrogen (secondary N) is 1. The molecule has 2 rings (SSSR count). The Labute approximate surface area is 95.2 Å². The van der Waals surface area contributed by atoms with Crippen LogP contribution in [0.4, 0.5) is 5.69 Å². The number of hydrogen-bond donors (Lipinski definition) is 1. The summed E-state index contributed by atoms with van der Waals surface area (Å²) in [5.41, 5.74) is 2.85. The van der Waals surface area contributed by atoms with Gasteiger partial charge in [-0.25, -0.2) is 4.79 Å². The minimum absolute atomic E-state index is 0. The lowest BCUT2D eigenvalue weighted by Gasteiger charge is -2.19. The van der Waals surface area contributed by atoms with Crippen molar-refractivity contribution in [1.82, 2.24) is 0 Å². The van der Waals surface area contributed by atoms with E-state index in [9.17, 15) is 4.79 Å². The number of fused-ring (bicyclic) bond motifs is 1. The minimum Gasteiger partial charge on any atom is -0.465 e. The predicted molar refractivity (Wildman–Crippen MR) is 61.8 cm³/mol. The van der Waals surface area contributed by atoms with E-state index >= 15 is 0 Å². The van der Waals surface area contributed by atoms with Crippen LogP contribution in [0.15, 0.2) is 18.2 Å². The molecular formula is C11H14ClNO2. The molecule has 0 radical (unpaired) electrons. The normalized spacial score (nSPS) is 13.1. The molecule has 1 aromatic carbocycles. The molecule has 0 bridgehead atoms. The fourth-order valence-electron chi connectivity index (χ4n) is 1.81. The Morgan fingerprint density at radius 2 is 2.27 bits per heavy atom. The molecule has 3 nitrogen and oxygen atoms in total. The molecule has 0 saturated heterocycles. The van der Waals surface area contributed by atoms with Gasteiger partial charge in [0.15, 0.2) is 0 Å². The maximum absolute atomic E-state index is 11.4. The van der Waals surface area contributed by atoms with E-state index in [4.69, 9.17) is 4.74 Å². The molecule has 1 aliphatic rings. The van der Waals surface area contributed by atoms with Crippen LogP contribution in [-0.4, -0.2) is 19.6 Å². The van der Waals surface area contributed by atoms with Gasteiger partial charge in [-0.2, -0.15) is 0 Å². The molecule has 1 N–H and O–H groups in total. The summed E-state index contributed by atoms with van der Waals surface area (Å²) in [5.74, 6) is -0.245. The summed E-state index contributed by atoms with van der Waals surface area (Å²) in [6.07, 6.45) is 2.02. The maximum atomic E-state index is 11.4. The average Bonchev–Trinajstić information content (AvgIpc) is 2.27. The van der Waals surface area contributed by atoms with Crippen LogP contribution in [0.3, 0.4) is 0 Å². The molecule has 0 spiro atoms. The zero-order valence-electron chi connectivity index (χ0n) is 8.58. The fraction of sp³-hybridized carbons (Fsp3) is 0.364. The first-order valence-corrected chi connectivity index (χ1v) is 4.77. The smallest absolute Gasteiger partial charge is 0.338 e. The van der Waals surface area contributed by atoms with Crippen molar-refractivity contribution in [1.29, 1.82) is 0 Å². The van der Waals surface area contributed by atoms with Gasteiger partial charge in [-0.3, -0.25) is 0 Å². The highest BCUT2D eigenvalue weighted by Gasteiger charge is 2.17. The highest BCUT2D eigenvalue weighted by Crippen LogP contribution is 2.25. The Morgan fingerprint density at radius 3 is 3.00 bits per heavy atom. The topological polar surface area (TPSA) is 38.3 Å². The van der Waals surface area contributed by atoms with Crippen LogP contribution in [0, 0.1) is 0 Å². The first-order chi connectivity index (χ1) is 6.83. The summed E-state index contributed by atoms with van der Waals surface area (Å²) < 4.78 is 4.74. The third kappa shape index (κ3) is 2.23. The molecule has 82 valence electrons. The van der Waals surface area contributed by atoms with Crippen LogP contribution < -0.4 is 5.32 Å². The third-order valence-electron chi connectivity index (χ3n) is 2.50. The number of ether oxygens (including phenoxy) is 1. The summed E-state index contributed by atoms with van der Waals surface area (Å²) in [6, 6.07) is 5.70. The highest BCUT2D eigenvalue weighted by molar-refractivity contribution is 5.93. The Morgan fingerprint density at radius 1 is 1.47 bits per heavy atom. The van der Waals surface area contributed by atoms with Gasteiger partial charge in [-0.05, 0) is 30.5 Å². The Hall–Kier alpha value is -1.22. The molecule has 0 fully saturated rings. The lowest BCUT2D eigenvalue weighted by Crippen LogP contribution is -2.16. The second-order valence-corrected chi connectivity index (χ2v) is 3.35. The lowest BCUT2D eigenvalue weighted by atomic mass is 9.98. The standard InChI is InChI=1S/C11H13NO2.ClH/c1-14-11(13)9-4-2-6-10-8(9)5-3-7-12-10;/h2,4,6,12H,3,5,7H2,1H3;1H. The number of benzene rings is 1. The predicted octanol–water partition coefficient (Wildman–Crippen LogP) is 2.25. The highest BCUT2D eigenvalue weighted by atomic mass is 35.5. The number of rotatable bonds is 1. The molecule has 1 aromatic rings. The molecule has 1 aliphatic heterocycles. The SMILES string of the molecule is COC(=O)c1cccc2c1CCCN2.Cl. The van der Waals surface area contributed by atoms with Gasteiger partial charge >= 0.3 is 5.97 Å². The molecule has 0 atom stereocenters. The zero-order chi connectivity index (χ0) is 9.97. The van der Waals surface area contributed by atoms with E-state index in [0.29, 0.717) is 5.56 Å². The van der Waals surface area contributed by atoms with Gasteiger partial charge in [0, 0.05) is 12.2 Å². The Kier molecular flexibility index (Phi) is 3.97. The lowest BCUT2D eigenvalue weighted by molar-refractivity contribution is 0.0599. The van der Waals surface area contributed by atoms with Crippen molar-refractivity contribution in [2.45, 2.75) is 12.8 Å². The van der Waals surface area contributed by atoms with Crippen LogP contribution in [0.2, 0.25) is 0 Å². The molecule has 15 heavy (non-hydrogen) atoms. The zero-order valence-corrected chi connectivity index (χ0v) is 9.39. The monoisotopic (exact) mass is 227 g/mol. The van der Waals surface area contributed by atoms with Crippen LogP contribution >= 0.6 is 12.4 Å². The number of halogens is 1. The van der Waals surface area contributed by atoms with E-state index in [-0.39, 0.29) is 18.4 Å². The molecular weight excluding hydrogens is 214 g/mol. The Balaban J connectivity index is 0.00000112. The summed E-state index contributed by atoms with van der Waals surface area (Å²) >= 11 is 0.